The lowest BCUT2D eigenvalue weighted by atomic mass is 9.81. The van der Waals surface area contributed by atoms with E-state index < -0.39 is 27.4 Å². The van der Waals surface area contributed by atoms with Crippen LogP contribution in [0, 0.1) is 0 Å². The molecule has 9 heteroatoms. The number of methoxy groups -OCH3 is 1. The van der Waals surface area contributed by atoms with Crippen LogP contribution in [0.15, 0.2) is 23.1 Å². The molecular weight excluding hydrogens is 408 g/mol. The molecule has 0 spiro atoms. The van der Waals surface area contributed by atoms with Crippen LogP contribution in [-0.2, 0) is 14.8 Å². The number of carbonyl (C=O) groups is 2. The van der Waals surface area contributed by atoms with Crippen LogP contribution < -0.4 is 10.1 Å². The minimum Gasteiger partial charge on any atom is -0.496 e. The topological polar surface area (TPSA) is 113 Å². The largest absolute Gasteiger partial charge is 0.496 e. The number of aliphatic carboxylic acids is 1. The quantitative estimate of drug-likeness (QED) is 0.706. The molecule has 2 fully saturated rings. The predicted molar refractivity (Wildman–Crippen MR) is 111 cm³/mol. The predicted octanol–water partition coefficient (Wildman–Crippen LogP) is 2.78. The summed E-state index contributed by atoms with van der Waals surface area (Å²) in [5.41, 5.74) is -1.31. The van der Waals surface area contributed by atoms with Crippen molar-refractivity contribution in [3.8, 4) is 5.75 Å². The molecule has 1 saturated heterocycles. The first kappa shape index (κ1) is 22.6. The normalized spacial score (nSPS) is 20.2. The van der Waals surface area contributed by atoms with Crippen molar-refractivity contribution < 1.29 is 27.9 Å². The fourth-order valence-electron chi connectivity index (χ4n) is 4.29. The van der Waals surface area contributed by atoms with Gasteiger partial charge in [-0.15, -0.1) is 0 Å². The molecule has 1 heterocycles. The van der Waals surface area contributed by atoms with E-state index in [1.54, 1.807) is 0 Å². The second-order valence-electron chi connectivity index (χ2n) is 8.08. The first-order valence-electron chi connectivity index (χ1n) is 10.5. The van der Waals surface area contributed by atoms with Gasteiger partial charge in [-0.1, -0.05) is 32.1 Å². The van der Waals surface area contributed by atoms with E-state index in [9.17, 15) is 23.1 Å². The molecule has 1 saturated carbocycles. The van der Waals surface area contributed by atoms with E-state index in [0.717, 1.165) is 32.1 Å². The van der Waals surface area contributed by atoms with Gasteiger partial charge in [-0.05, 0) is 43.9 Å². The number of hydrogen-bond donors (Lipinski definition) is 2. The van der Waals surface area contributed by atoms with Crippen molar-refractivity contribution in [2.75, 3.05) is 20.2 Å². The Kier molecular flexibility index (Phi) is 7.02. The second-order valence-corrected chi connectivity index (χ2v) is 10.0. The molecule has 2 N–H and O–H groups in total. The lowest BCUT2D eigenvalue weighted by Gasteiger charge is -2.34. The SMILES string of the molecule is COc1ccc(S(=O)(=O)N2CCCCCC2)cc1C(=O)NC1(C(=O)O)CCCCC1. The summed E-state index contributed by atoms with van der Waals surface area (Å²) in [6.07, 6.45) is 6.68. The van der Waals surface area contributed by atoms with Crippen molar-refractivity contribution in [2.24, 2.45) is 0 Å². The van der Waals surface area contributed by atoms with Gasteiger partial charge in [0.25, 0.3) is 5.91 Å². The minimum absolute atomic E-state index is 0.0170. The summed E-state index contributed by atoms with van der Waals surface area (Å²) >= 11 is 0. The number of carboxylic acids is 1. The molecule has 2 aliphatic rings. The van der Waals surface area contributed by atoms with Crippen LogP contribution in [0.25, 0.3) is 0 Å². The molecular formula is C21H30N2O6S. The third-order valence-electron chi connectivity index (χ3n) is 6.09. The maximum absolute atomic E-state index is 13.1. The number of sulfonamides is 1. The van der Waals surface area contributed by atoms with Gasteiger partial charge >= 0.3 is 5.97 Å². The van der Waals surface area contributed by atoms with Crippen molar-refractivity contribution >= 4 is 21.9 Å². The monoisotopic (exact) mass is 438 g/mol. The van der Waals surface area contributed by atoms with E-state index in [1.807, 2.05) is 0 Å². The number of ether oxygens (including phenoxy) is 1. The van der Waals surface area contributed by atoms with Crippen LogP contribution in [0.4, 0.5) is 0 Å². The van der Waals surface area contributed by atoms with Gasteiger partial charge in [0, 0.05) is 13.1 Å². The summed E-state index contributed by atoms with van der Waals surface area (Å²) in [5.74, 6) is -1.49. The highest BCUT2D eigenvalue weighted by atomic mass is 32.2. The van der Waals surface area contributed by atoms with Crippen LogP contribution >= 0.6 is 0 Å². The molecule has 1 aliphatic heterocycles. The zero-order valence-corrected chi connectivity index (χ0v) is 18.2. The Morgan fingerprint density at radius 2 is 1.63 bits per heavy atom. The fourth-order valence-corrected chi connectivity index (χ4v) is 5.83. The molecule has 1 aromatic carbocycles. The van der Waals surface area contributed by atoms with Crippen molar-refractivity contribution in [1.82, 2.24) is 9.62 Å². The fraction of sp³-hybridized carbons (Fsp3) is 0.619. The Morgan fingerprint density at radius 3 is 2.20 bits per heavy atom. The number of carboxylic acid groups (broad SMARTS) is 1. The van der Waals surface area contributed by atoms with E-state index in [0.29, 0.717) is 38.8 Å². The third-order valence-corrected chi connectivity index (χ3v) is 7.98. The number of rotatable bonds is 6. The van der Waals surface area contributed by atoms with Gasteiger partial charge in [0.2, 0.25) is 10.0 Å². The van der Waals surface area contributed by atoms with Gasteiger partial charge in [-0.2, -0.15) is 4.31 Å². The summed E-state index contributed by atoms with van der Waals surface area (Å²) in [4.78, 5) is 25.0. The second kappa shape index (κ2) is 9.34. The van der Waals surface area contributed by atoms with E-state index in [1.165, 1.54) is 29.6 Å². The summed E-state index contributed by atoms with van der Waals surface area (Å²) in [6, 6.07) is 4.18. The third kappa shape index (κ3) is 4.62. The number of benzene rings is 1. The first-order valence-corrected chi connectivity index (χ1v) is 12.0. The molecule has 8 nitrogen and oxygen atoms in total. The van der Waals surface area contributed by atoms with Crippen LogP contribution in [0.2, 0.25) is 0 Å². The minimum atomic E-state index is -3.75. The van der Waals surface area contributed by atoms with E-state index in [-0.39, 0.29) is 16.2 Å². The van der Waals surface area contributed by atoms with E-state index >= 15 is 0 Å². The van der Waals surface area contributed by atoms with Gasteiger partial charge in [0.1, 0.15) is 11.3 Å². The molecule has 166 valence electrons. The van der Waals surface area contributed by atoms with Gasteiger partial charge < -0.3 is 15.2 Å². The highest BCUT2D eigenvalue weighted by Crippen LogP contribution is 2.31. The molecule has 0 radical (unpaired) electrons. The zero-order valence-electron chi connectivity index (χ0n) is 17.4. The molecule has 1 aliphatic carbocycles. The smallest absolute Gasteiger partial charge is 0.329 e. The van der Waals surface area contributed by atoms with Gasteiger partial charge in [-0.25, -0.2) is 13.2 Å². The van der Waals surface area contributed by atoms with Crippen LogP contribution in [0.1, 0.15) is 68.1 Å². The van der Waals surface area contributed by atoms with Gasteiger partial charge in [0.05, 0.1) is 17.6 Å². The molecule has 0 bridgehead atoms. The standard InChI is InChI=1S/C21H30N2O6S/c1-29-18-10-9-16(30(27,28)23-13-7-2-3-8-14-23)15-17(18)19(24)22-21(20(25)26)11-5-4-6-12-21/h9-10,15H,2-8,11-14H2,1H3,(H,22,24)(H,25,26). The highest BCUT2D eigenvalue weighted by Gasteiger charge is 2.41. The number of nitrogens with one attached hydrogen (secondary N) is 1. The molecule has 0 unspecified atom stereocenters. The summed E-state index contributed by atoms with van der Waals surface area (Å²) in [6.45, 7) is 0.913. The molecule has 0 atom stereocenters. The van der Waals surface area contributed by atoms with Gasteiger partial charge in [0.15, 0.2) is 0 Å². The lowest BCUT2D eigenvalue weighted by molar-refractivity contribution is -0.145. The Labute approximate surface area is 177 Å². The first-order chi connectivity index (χ1) is 14.3. The number of hydrogen-bond acceptors (Lipinski definition) is 5. The van der Waals surface area contributed by atoms with Gasteiger partial charge in [-0.3, -0.25) is 4.79 Å². The number of amides is 1. The summed E-state index contributed by atoms with van der Waals surface area (Å²) in [5, 5.41) is 12.4. The van der Waals surface area contributed by atoms with Crippen molar-refractivity contribution in [3.05, 3.63) is 23.8 Å². The molecule has 30 heavy (non-hydrogen) atoms. The lowest BCUT2D eigenvalue weighted by Crippen LogP contribution is -2.55. The van der Waals surface area contributed by atoms with E-state index in [4.69, 9.17) is 4.74 Å². The molecule has 0 aromatic heterocycles. The maximum Gasteiger partial charge on any atom is 0.329 e. The zero-order chi connectivity index (χ0) is 21.8. The Morgan fingerprint density at radius 1 is 1.03 bits per heavy atom. The van der Waals surface area contributed by atoms with E-state index in [2.05, 4.69) is 5.32 Å². The average molecular weight is 439 g/mol. The van der Waals surface area contributed by atoms with Crippen LogP contribution in [-0.4, -0.2) is 55.4 Å². The maximum atomic E-state index is 13.1. The van der Waals surface area contributed by atoms with Crippen LogP contribution in [0.3, 0.4) is 0 Å². The van der Waals surface area contributed by atoms with Crippen LogP contribution in [0.5, 0.6) is 5.75 Å². The summed E-state index contributed by atoms with van der Waals surface area (Å²) < 4.78 is 33.0. The molecule has 1 amide bonds. The molecule has 3 rings (SSSR count). The van der Waals surface area contributed by atoms with Crippen molar-refractivity contribution in [1.29, 1.82) is 0 Å². The summed E-state index contributed by atoms with van der Waals surface area (Å²) in [7, 11) is -2.36. The Balaban J connectivity index is 1.92. The Bertz CT molecular complexity index is 885. The Hall–Kier alpha value is -2.13. The molecule has 1 aromatic rings. The average Bonchev–Trinajstić information content (AvgIpc) is 3.04. The number of carbonyl (C=O) groups excluding carboxylic acids is 1. The number of nitrogens with zero attached hydrogens (tertiary/aromatic N) is 1. The highest BCUT2D eigenvalue weighted by molar-refractivity contribution is 7.89. The van der Waals surface area contributed by atoms with Crippen molar-refractivity contribution in [3.63, 3.8) is 0 Å². The van der Waals surface area contributed by atoms with Crippen molar-refractivity contribution in [2.45, 2.75) is 68.2 Å².